The summed E-state index contributed by atoms with van der Waals surface area (Å²) in [6.07, 6.45) is 3.38. The summed E-state index contributed by atoms with van der Waals surface area (Å²) in [6, 6.07) is 18.1. The van der Waals surface area contributed by atoms with E-state index in [0.717, 1.165) is 49.4 Å². The van der Waals surface area contributed by atoms with E-state index < -0.39 is 0 Å². The van der Waals surface area contributed by atoms with Gasteiger partial charge in [-0.05, 0) is 62.9 Å². The first-order valence-electron chi connectivity index (χ1n) is 11.2. The molecule has 4 aromatic rings. The van der Waals surface area contributed by atoms with Crippen LogP contribution in [-0.4, -0.2) is 38.3 Å². The van der Waals surface area contributed by atoms with Crippen LogP contribution in [0.1, 0.15) is 42.5 Å². The number of rotatable bonds is 5. The minimum absolute atomic E-state index is 0.304. The van der Waals surface area contributed by atoms with Gasteiger partial charge in [-0.15, -0.1) is 10.2 Å². The van der Waals surface area contributed by atoms with Gasteiger partial charge in [0.2, 0.25) is 23.5 Å². The Morgan fingerprint density at radius 1 is 1.00 bits per heavy atom. The molecule has 1 aliphatic heterocycles. The molecule has 0 unspecified atom stereocenters. The van der Waals surface area contributed by atoms with Gasteiger partial charge in [-0.2, -0.15) is 4.98 Å². The lowest BCUT2D eigenvalue weighted by atomic mass is 9.91. The van der Waals surface area contributed by atoms with E-state index in [1.54, 1.807) is 0 Å². The Balaban J connectivity index is 1.07. The predicted octanol–water partition coefficient (Wildman–Crippen LogP) is 4.86. The van der Waals surface area contributed by atoms with Crippen molar-refractivity contribution in [2.75, 3.05) is 13.1 Å². The number of aryl methyl sites for hydroxylation is 1. The lowest BCUT2D eigenvalue weighted by Gasteiger charge is -2.31. The Kier molecular flexibility index (Phi) is 4.64. The molecular weight excluding hydrogens is 402 g/mol. The van der Waals surface area contributed by atoms with Crippen LogP contribution in [0, 0.1) is 12.3 Å². The summed E-state index contributed by atoms with van der Waals surface area (Å²) in [7, 11) is 0. The van der Waals surface area contributed by atoms with Gasteiger partial charge in [0.05, 0.1) is 6.54 Å². The molecular formula is C25H25N5O2. The minimum atomic E-state index is 0.304. The Morgan fingerprint density at radius 2 is 1.81 bits per heavy atom. The molecule has 1 saturated carbocycles. The van der Waals surface area contributed by atoms with Crippen LogP contribution in [0.2, 0.25) is 0 Å². The van der Waals surface area contributed by atoms with E-state index in [1.807, 2.05) is 42.5 Å². The quantitative estimate of drug-likeness (QED) is 0.450. The van der Waals surface area contributed by atoms with Gasteiger partial charge in [-0.1, -0.05) is 47.1 Å². The molecule has 1 spiro atoms. The standard InChI is InChI=1S/C25H25N5O2/c1-17-6-5-9-19(14-17)22-26-21(32-29-22)16-30-12-10-25(11-13-30)15-20(25)24-28-27-23(31-24)18-7-3-2-4-8-18/h2-9,14,20H,10-13,15-16H2,1H3/t20-/m1/s1. The topological polar surface area (TPSA) is 81.1 Å². The van der Waals surface area contributed by atoms with Gasteiger partial charge in [-0.25, -0.2) is 0 Å². The highest BCUT2D eigenvalue weighted by Gasteiger charge is 2.58. The van der Waals surface area contributed by atoms with Crippen LogP contribution in [0.5, 0.6) is 0 Å². The van der Waals surface area contributed by atoms with Gasteiger partial charge in [0.25, 0.3) is 0 Å². The smallest absolute Gasteiger partial charge is 0.247 e. The molecule has 2 aliphatic rings. The van der Waals surface area contributed by atoms with Crippen molar-refractivity contribution in [1.29, 1.82) is 0 Å². The number of hydrogen-bond acceptors (Lipinski definition) is 7. The number of aromatic nitrogens is 4. The number of nitrogens with zero attached hydrogens (tertiary/aromatic N) is 5. The number of hydrogen-bond donors (Lipinski definition) is 0. The highest BCUT2D eigenvalue weighted by molar-refractivity contribution is 5.55. The van der Waals surface area contributed by atoms with E-state index in [1.165, 1.54) is 5.56 Å². The van der Waals surface area contributed by atoms with E-state index in [2.05, 4.69) is 44.3 Å². The van der Waals surface area contributed by atoms with Crippen molar-refractivity contribution < 1.29 is 8.94 Å². The monoisotopic (exact) mass is 427 g/mol. The molecule has 0 radical (unpaired) electrons. The fraction of sp³-hybridized carbons (Fsp3) is 0.360. The Hall–Kier alpha value is -3.32. The Morgan fingerprint density at radius 3 is 2.62 bits per heavy atom. The van der Waals surface area contributed by atoms with E-state index in [4.69, 9.17) is 8.94 Å². The summed E-state index contributed by atoms with van der Waals surface area (Å²) in [5.41, 5.74) is 3.46. The zero-order valence-electron chi connectivity index (χ0n) is 18.1. The molecule has 7 heteroatoms. The van der Waals surface area contributed by atoms with Gasteiger partial charge in [0.1, 0.15) is 0 Å². The Bertz CT molecular complexity index is 1220. The van der Waals surface area contributed by atoms with Crippen LogP contribution in [-0.2, 0) is 6.54 Å². The lowest BCUT2D eigenvalue weighted by Crippen LogP contribution is -2.34. The van der Waals surface area contributed by atoms with E-state index in [9.17, 15) is 0 Å². The van der Waals surface area contributed by atoms with Gasteiger partial charge in [-0.3, -0.25) is 4.90 Å². The van der Waals surface area contributed by atoms with E-state index in [0.29, 0.717) is 35.5 Å². The van der Waals surface area contributed by atoms with Crippen LogP contribution in [0.25, 0.3) is 22.8 Å². The van der Waals surface area contributed by atoms with Crippen LogP contribution >= 0.6 is 0 Å². The number of likely N-dealkylation sites (tertiary alicyclic amines) is 1. The molecule has 32 heavy (non-hydrogen) atoms. The zero-order chi connectivity index (χ0) is 21.5. The molecule has 1 aliphatic carbocycles. The fourth-order valence-corrected chi connectivity index (χ4v) is 4.89. The third-order valence-electron chi connectivity index (χ3n) is 6.90. The molecule has 1 atom stereocenters. The second-order valence-electron chi connectivity index (χ2n) is 9.09. The maximum absolute atomic E-state index is 6.03. The molecule has 1 saturated heterocycles. The van der Waals surface area contributed by atoms with Crippen molar-refractivity contribution in [3.05, 3.63) is 71.9 Å². The summed E-state index contributed by atoms with van der Waals surface area (Å²) in [6.45, 7) is 4.78. The summed E-state index contributed by atoms with van der Waals surface area (Å²) in [5.74, 6) is 3.11. The van der Waals surface area contributed by atoms with Crippen molar-refractivity contribution >= 4 is 0 Å². The molecule has 162 valence electrons. The molecule has 2 fully saturated rings. The first-order chi connectivity index (χ1) is 15.7. The SMILES string of the molecule is Cc1cccc(-c2noc(CN3CCC4(CC3)C[C@@H]4c3nnc(-c4ccccc4)o3)n2)c1. The maximum Gasteiger partial charge on any atom is 0.247 e. The molecule has 0 N–H and O–H groups in total. The molecule has 6 rings (SSSR count). The Labute approximate surface area is 186 Å². The third kappa shape index (κ3) is 3.62. The van der Waals surface area contributed by atoms with Gasteiger partial charge in [0, 0.05) is 17.0 Å². The molecule has 7 nitrogen and oxygen atoms in total. The van der Waals surface area contributed by atoms with Crippen molar-refractivity contribution in [2.45, 2.75) is 38.6 Å². The molecule has 2 aromatic carbocycles. The third-order valence-corrected chi connectivity index (χ3v) is 6.90. The van der Waals surface area contributed by atoms with Gasteiger partial charge >= 0.3 is 0 Å². The van der Waals surface area contributed by atoms with Crippen LogP contribution < -0.4 is 0 Å². The summed E-state index contributed by atoms with van der Waals surface area (Å²) >= 11 is 0. The molecule has 0 amide bonds. The zero-order valence-corrected chi connectivity index (χ0v) is 18.1. The highest BCUT2D eigenvalue weighted by atomic mass is 16.5. The lowest BCUT2D eigenvalue weighted by molar-refractivity contribution is 0.144. The largest absolute Gasteiger partial charge is 0.420 e. The predicted molar refractivity (Wildman–Crippen MR) is 119 cm³/mol. The molecule has 0 bridgehead atoms. The first-order valence-corrected chi connectivity index (χ1v) is 11.2. The second kappa shape index (κ2) is 7.67. The van der Waals surface area contributed by atoms with Crippen molar-refractivity contribution in [3.63, 3.8) is 0 Å². The maximum atomic E-state index is 6.03. The van der Waals surface area contributed by atoms with Crippen LogP contribution in [0.3, 0.4) is 0 Å². The minimum Gasteiger partial charge on any atom is -0.420 e. The van der Waals surface area contributed by atoms with Crippen molar-refractivity contribution in [1.82, 2.24) is 25.2 Å². The van der Waals surface area contributed by atoms with Crippen LogP contribution in [0.15, 0.2) is 63.5 Å². The van der Waals surface area contributed by atoms with Crippen molar-refractivity contribution in [2.24, 2.45) is 5.41 Å². The molecule has 2 aromatic heterocycles. The summed E-state index contributed by atoms with van der Waals surface area (Å²) < 4.78 is 11.6. The number of piperidine rings is 1. The van der Waals surface area contributed by atoms with Gasteiger partial charge < -0.3 is 8.94 Å². The van der Waals surface area contributed by atoms with E-state index >= 15 is 0 Å². The van der Waals surface area contributed by atoms with Crippen molar-refractivity contribution in [3.8, 4) is 22.8 Å². The summed E-state index contributed by atoms with van der Waals surface area (Å²) in [4.78, 5) is 7.01. The second-order valence-corrected chi connectivity index (χ2v) is 9.09. The van der Waals surface area contributed by atoms with Crippen LogP contribution in [0.4, 0.5) is 0 Å². The average Bonchev–Trinajstić information content (AvgIpc) is 3.18. The highest BCUT2D eigenvalue weighted by Crippen LogP contribution is 2.64. The fourth-order valence-electron chi connectivity index (χ4n) is 4.89. The number of benzene rings is 2. The average molecular weight is 428 g/mol. The normalized spacial score (nSPS) is 20.0. The van der Waals surface area contributed by atoms with Gasteiger partial charge in [0.15, 0.2) is 0 Å². The molecule has 3 heterocycles. The first kappa shape index (κ1) is 19.4. The summed E-state index contributed by atoms with van der Waals surface area (Å²) in [5, 5.41) is 12.8. The van der Waals surface area contributed by atoms with E-state index in [-0.39, 0.29) is 0 Å².